The molecular weight excluding hydrogens is 178 g/mol. The van der Waals surface area contributed by atoms with Crippen LogP contribution in [0.25, 0.3) is 0 Å². The molecule has 1 aliphatic rings. The molecule has 3 nitrogen and oxygen atoms in total. The Morgan fingerprint density at radius 3 is 2.25 bits per heavy atom. The third kappa shape index (κ3) is 1.72. The van der Waals surface area contributed by atoms with Crippen molar-refractivity contribution in [1.29, 1.82) is 0 Å². The summed E-state index contributed by atoms with van der Waals surface area (Å²) in [6.07, 6.45) is 3.42. The molecule has 1 saturated carbocycles. The minimum Gasteiger partial charge on any atom is -0.380 e. The Morgan fingerprint density at radius 1 is 1.67 bits per heavy atom. The SMILES string of the molecule is CCC(O)(C(N)=O)C1CCC1.Cl. The van der Waals surface area contributed by atoms with Crippen LogP contribution in [0.5, 0.6) is 0 Å². The predicted octanol–water partition coefficient (Wildman–Crippen LogP) is 0.835. The van der Waals surface area contributed by atoms with Gasteiger partial charge in [-0.15, -0.1) is 12.4 Å². The Labute approximate surface area is 78.7 Å². The van der Waals surface area contributed by atoms with Crippen LogP contribution in [0, 0.1) is 5.92 Å². The third-order valence-electron chi connectivity index (χ3n) is 2.75. The predicted molar refractivity (Wildman–Crippen MR) is 49.0 cm³/mol. The van der Waals surface area contributed by atoms with E-state index in [1.54, 1.807) is 6.92 Å². The molecule has 0 aliphatic heterocycles. The van der Waals surface area contributed by atoms with E-state index in [1.165, 1.54) is 0 Å². The number of amides is 1. The first kappa shape index (κ1) is 11.7. The Kier molecular flexibility index (Phi) is 4.00. The van der Waals surface area contributed by atoms with Crippen LogP contribution in [0.1, 0.15) is 32.6 Å². The molecule has 1 rings (SSSR count). The average Bonchev–Trinajstić information content (AvgIpc) is 1.83. The monoisotopic (exact) mass is 193 g/mol. The van der Waals surface area contributed by atoms with Crippen molar-refractivity contribution >= 4 is 18.3 Å². The van der Waals surface area contributed by atoms with Gasteiger partial charge in [-0.1, -0.05) is 13.3 Å². The van der Waals surface area contributed by atoms with Crippen LogP contribution < -0.4 is 5.73 Å². The molecule has 0 saturated heterocycles. The number of halogens is 1. The maximum absolute atomic E-state index is 10.9. The van der Waals surface area contributed by atoms with E-state index in [-0.39, 0.29) is 18.3 Å². The molecule has 0 aromatic carbocycles. The molecule has 72 valence electrons. The van der Waals surface area contributed by atoms with Crippen LogP contribution in [-0.4, -0.2) is 16.6 Å². The number of rotatable bonds is 3. The molecule has 0 radical (unpaired) electrons. The molecule has 4 heteroatoms. The summed E-state index contributed by atoms with van der Waals surface area (Å²) in [6, 6.07) is 0. The summed E-state index contributed by atoms with van der Waals surface area (Å²) in [5.74, 6) is -0.449. The molecule has 3 N–H and O–H groups in total. The van der Waals surface area contributed by atoms with Gasteiger partial charge in [0.05, 0.1) is 0 Å². The van der Waals surface area contributed by atoms with Gasteiger partial charge in [0, 0.05) is 0 Å². The van der Waals surface area contributed by atoms with E-state index in [2.05, 4.69) is 0 Å². The van der Waals surface area contributed by atoms with Crippen LogP contribution in [0.15, 0.2) is 0 Å². The van der Waals surface area contributed by atoms with Crippen LogP contribution in [-0.2, 0) is 4.79 Å². The van der Waals surface area contributed by atoms with E-state index >= 15 is 0 Å². The lowest BCUT2D eigenvalue weighted by molar-refractivity contribution is -0.147. The zero-order valence-electron chi connectivity index (χ0n) is 7.25. The second kappa shape index (κ2) is 4.10. The second-order valence-electron chi connectivity index (χ2n) is 3.27. The largest absolute Gasteiger partial charge is 0.380 e. The number of carbonyl (C=O) groups is 1. The van der Waals surface area contributed by atoms with Gasteiger partial charge in [-0.25, -0.2) is 0 Å². The standard InChI is InChI=1S/C8H15NO2.ClH/c1-2-8(11,7(9)10)6-4-3-5-6;/h6,11H,2-5H2,1H3,(H2,9,10);1H. The minimum absolute atomic E-state index is 0. The number of aliphatic hydroxyl groups is 1. The van der Waals surface area contributed by atoms with Crippen molar-refractivity contribution in [2.75, 3.05) is 0 Å². The normalized spacial score (nSPS) is 21.8. The Balaban J connectivity index is 0.00000121. The van der Waals surface area contributed by atoms with Crippen molar-refractivity contribution in [2.45, 2.75) is 38.2 Å². The summed E-state index contributed by atoms with van der Waals surface area (Å²) in [4.78, 5) is 10.9. The summed E-state index contributed by atoms with van der Waals surface area (Å²) in [5.41, 5.74) is 3.88. The Bertz CT molecular complexity index is 170. The highest BCUT2D eigenvalue weighted by atomic mass is 35.5. The van der Waals surface area contributed by atoms with Gasteiger partial charge in [-0.2, -0.15) is 0 Å². The first-order valence-corrected chi connectivity index (χ1v) is 4.13. The molecule has 1 fully saturated rings. The first-order chi connectivity index (χ1) is 5.11. The van der Waals surface area contributed by atoms with E-state index in [9.17, 15) is 9.90 Å². The van der Waals surface area contributed by atoms with E-state index < -0.39 is 11.5 Å². The Morgan fingerprint density at radius 2 is 2.17 bits per heavy atom. The zero-order valence-corrected chi connectivity index (χ0v) is 8.06. The summed E-state index contributed by atoms with van der Waals surface area (Å²) in [6.45, 7) is 1.79. The highest BCUT2D eigenvalue weighted by Gasteiger charge is 2.43. The molecule has 12 heavy (non-hydrogen) atoms. The van der Waals surface area contributed by atoms with Crippen molar-refractivity contribution in [3.8, 4) is 0 Å². The van der Waals surface area contributed by atoms with Crippen molar-refractivity contribution in [2.24, 2.45) is 11.7 Å². The maximum atomic E-state index is 10.9. The lowest BCUT2D eigenvalue weighted by Gasteiger charge is -2.38. The average molecular weight is 194 g/mol. The molecule has 0 aromatic heterocycles. The summed E-state index contributed by atoms with van der Waals surface area (Å²) >= 11 is 0. The van der Waals surface area contributed by atoms with Gasteiger partial charge in [0.2, 0.25) is 5.91 Å². The molecular formula is C8H16ClNO2. The van der Waals surface area contributed by atoms with Gasteiger partial charge < -0.3 is 10.8 Å². The maximum Gasteiger partial charge on any atom is 0.249 e. The quantitative estimate of drug-likeness (QED) is 0.698. The van der Waals surface area contributed by atoms with Gasteiger partial charge in [0.15, 0.2) is 0 Å². The Hall–Kier alpha value is -0.280. The molecule has 1 unspecified atom stereocenters. The zero-order chi connectivity index (χ0) is 8.48. The van der Waals surface area contributed by atoms with Gasteiger partial charge in [-0.3, -0.25) is 4.79 Å². The van der Waals surface area contributed by atoms with Gasteiger partial charge >= 0.3 is 0 Å². The molecule has 1 aliphatic carbocycles. The van der Waals surface area contributed by atoms with E-state index in [0.29, 0.717) is 6.42 Å². The van der Waals surface area contributed by atoms with E-state index in [1.807, 2.05) is 0 Å². The third-order valence-corrected chi connectivity index (χ3v) is 2.75. The van der Waals surface area contributed by atoms with Crippen LogP contribution in [0.3, 0.4) is 0 Å². The second-order valence-corrected chi connectivity index (χ2v) is 3.27. The van der Waals surface area contributed by atoms with Crippen molar-refractivity contribution in [3.63, 3.8) is 0 Å². The van der Waals surface area contributed by atoms with E-state index in [0.717, 1.165) is 19.3 Å². The molecule has 0 spiro atoms. The lowest BCUT2D eigenvalue weighted by atomic mass is 9.71. The number of carbonyl (C=O) groups excluding carboxylic acids is 1. The van der Waals surface area contributed by atoms with Gasteiger partial charge in [0.25, 0.3) is 0 Å². The highest BCUT2D eigenvalue weighted by Crippen LogP contribution is 2.37. The smallest absolute Gasteiger partial charge is 0.249 e. The van der Waals surface area contributed by atoms with E-state index in [4.69, 9.17) is 5.73 Å². The molecule has 0 heterocycles. The van der Waals surface area contributed by atoms with Crippen molar-refractivity contribution in [3.05, 3.63) is 0 Å². The number of hydrogen-bond acceptors (Lipinski definition) is 2. The lowest BCUT2D eigenvalue weighted by Crippen LogP contribution is -2.51. The van der Waals surface area contributed by atoms with Gasteiger partial charge in [-0.05, 0) is 25.2 Å². The van der Waals surface area contributed by atoms with Gasteiger partial charge in [0.1, 0.15) is 5.60 Å². The van der Waals surface area contributed by atoms with Crippen molar-refractivity contribution in [1.82, 2.24) is 0 Å². The fraction of sp³-hybridized carbons (Fsp3) is 0.875. The summed E-state index contributed by atoms with van der Waals surface area (Å²) in [7, 11) is 0. The van der Waals surface area contributed by atoms with Crippen LogP contribution in [0.2, 0.25) is 0 Å². The minimum atomic E-state index is -1.22. The molecule has 0 bridgehead atoms. The fourth-order valence-electron chi connectivity index (χ4n) is 1.55. The molecule has 1 atom stereocenters. The molecule has 1 amide bonds. The topological polar surface area (TPSA) is 63.3 Å². The van der Waals surface area contributed by atoms with Crippen molar-refractivity contribution < 1.29 is 9.90 Å². The number of primary amides is 1. The fourth-order valence-corrected chi connectivity index (χ4v) is 1.55. The highest BCUT2D eigenvalue weighted by molar-refractivity contribution is 5.85. The van der Waals surface area contributed by atoms with Crippen LogP contribution >= 0.6 is 12.4 Å². The summed E-state index contributed by atoms with van der Waals surface area (Å²) in [5, 5.41) is 9.74. The first-order valence-electron chi connectivity index (χ1n) is 4.13. The molecule has 0 aromatic rings. The number of hydrogen-bond donors (Lipinski definition) is 2. The van der Waals surface area contributed by atoms with Crippen LogP contribution in [0.4, 0.5) is 0 Å². The number of nitrogens with two attached hydrogens (primary N) is 1. The summed E-state index contributed by atoms with van der Waals surface area (Å²) < 4.78 is 0.